The van der Waals surface area contributed by atoms with Gasteiger partial charge in [0, 0.05) is 35.7 Å². The Morgan fingerprint density at radius 2 is 1.91 bits per heavy atom. The largest absolute Gasteiger partial charge is 0.365 e. The van der Waals surface area contributed by atoms with E-state index in [9.17, 15) is 0 Å². The van der Waals surface area contributed by atoms with Crippen molar-refractivity contribution in [1.29, 1.82) is 0 Å². The number of ether oxygens (including phenoxy) is 1. The van der Waals surface area contributed by atoms with Crippen molar-refractivity contribution in [3.63, 3.8) is 0 Å². The third kappa shape index (κ3) is 3.46. The molecule has 0 radical (unpaired) electrons. The molecule has 0 aromatic rings. The summed E-state index contributed by atoms with van der Waals surface area (Å²) in [4.78, 5) is 0. The second kappa shape index (κ2) is 7.55. The molecule has 2 nitrogen and oxygen atoms in total. The van der Waals surface area contributed by atoms with E-state index in [1.807, 2.05) is 0 Å². The van der Waals surface area contributed by atoms with E-state index >= 15 is 0 Å². The zero-order valence-electron chi connectivity index (χ0n) is 20.1. The molecule has 0 saturated carbocycles. The summed E-state index contributed by atoms with van der Waals surface area (Å²) in [6, 6.07) is 0. The minimum atomic E-state index is 0.211. The molecule has 2 heteroatoms. The molecule has 3 aliphatic carbocycles. The van der Waals surface area contributed by atoms with Crippen LogP contribution < -0.4 is 0 Å². The van der Waals surface area contributed by atoms with Crippen molar-refractivity contribution in [2.24, 2.45) is 35.0 Å². The van der Waals surface area contributed by atoms with E-state index in [2.05, 4.69) is 87.0 Å². The molecule has 3 heterocycles. The van der Waals surface area contributed by atoms with E-state index in [1.165, 1.54) is 30.5 Å². The van der Waals surface area contributed by atoms with Crippen molar-refractivity contribution in [3.05, 3.63) is 71.4 Å². The second-order valence-corrected chi connectivity index (χ2v) is 12.2. The Morgan fingerprint density at radius 1 is 1.06 bits per heavy atom. The highest BCUT2D eigenvalue weighted by Crippen LogP contribution is 2.48. The van der Waals surface area contributed by atoms with Crippen LogP contribution in [0.25, 0.3) is 0 Å². The van der Waals surface area contributed by atoms with Crippen molar-refractivity contribution in [1.82, 2.24) is 0 Å². The van der Waals surface area contributed by atoms with Gasteiger partial charge >= 0.3 is 0 Å². The molecule has 6 rings (SSSR count). The topological polar surface area (TPSA) is 12.2 Å². The lowest BCUT2D eigenvalue weighted by Gasteiger charge is -2.33. The van der Waals surface area contributed by atoms with Gasteiger partial charge in [0.25, 0.3) is 0 Å². The van der Waals surface area contributed by atoms with Gasteiger partial charge in [0.2, 0.25) is 0 Å². The molecule has 7 atom stereocenters. The number of hydrogen-bond acceptors (Lipinski definition) is 1. The zero-order valence-corrected chi connectivity index (χ0v) is 20.1. The molecule has 0 aromatic heterocycles. The van der Waals surface area contributed by atoms with Crippen LogP contribution in [0.3, 0.4) is 0 Å². The maximum atomic E-state index is 6.89. The smallest absolute Gasteiger partial charge is 0.183 e. The normalized spacial score (nSPS) is 39.8. The molecular weight excluding hydrogens is 390 g/mol. The standard InChI is InChI=1S/C30H38NO/c1-19-17-31-18-22-11-13-25-24-12-10-21(20-8-6-5-7-9-20)15-27(24)32-29(25)28(22)26(31)14-23(19)16-30(2,3)4/h5-8,10-13,15,19-20,23-25,27,29H,9,14,16-18H2,1-4H3/q+1. The van der Waals surface area contributed by atoms with Crippen LogP contribution in [-0.4, -0.2) is 35.6 Å². The number of nitrogens with zero attached hydrogens (tertiary/aromatic N) is 1. The van der Waals surface area contributed by atoms with Crippen molar-refractivity contribution >= 4 is 5.71 Å². The summed E-state index contributed by atoms with van der Waals surface area (Å²) in [5.74, 6) is 2.99. The van der Waals surface area contributed by atoms with Gasteiger partial charge in [0.1, 0.15) is 6.54 Å². The summed E-state index contributed by atoms with van der Waals surface area (Å²) in [5, 5.41) is 0. The molecule has 7 unspecified atom stereocenters. The van der Waals surface area contributed by atoms with Gasteiger partial charge in [-0.3, -0.25) is 0 Å². The Bertz CT molecular complexity index is 1020. The predicted molar refractivity (Wildman–Crippen MR) is 132 cm³/mol. The van der Waals surface area contributed by atoms with Gasteiger partial charge in [-0.2, -0.15) is 0 Å². The van der Waals surface area contributed by atoms with Gasteiger partial charge in [-0.15, -0.1) is 0 Å². The van der Waals surface area contributed by atoms with Crippen LogP contribution in [0.1, 0.15) is 47.0 Å². The Morgan fingerprint density at radius 3 is 2.69 bits per heavy atom. The number of hydrogen-bond donors (Lipinski definition) is 0. The summed E-state index contributed by atoms with van der Waals surface area (Å²) >= 11 is 0. The third-order valence-electron chi connectivity index (χ3n) is 8.60. The first-order chi connectivity index (χ1) is 15.4. The minimum Gasteiger partial charge on any atom is -0.365 e. The summed E-state index contributed by atoms with van der Waals surface area (Å²) < 4.78 is 9.57. The van der Waals surface area contributed by atoms with E-state index < -0.39 is 0 Å². The zero-order chi connectivity index (χ0) is 22.0. The molecule has 6 aliphatic rings. The Balaban J connectivity index is 1.26. The first kappa shape index (κ1) is 20.7. The lowest BCUT2D eigenvalue weighted by atomic mass is 9.72. The van der Waals surface area contributed by atoms with E-state index in [-0.39, 0.29) is 12.2 Å². The molecule has 1 fully saturated rings. The molecule has 32 heavy (non-hydrogen) atoms. The van der Waals surface area contributed by atoms with Crippen LogP contribution in [0.15, 0.2) is 71.4 Å². The fourth-order valence-electron chi connectivity index (χ4n) is 7.07. The Labute approximate surface area is 193 Å². The summed E-state index contributed by atoms with van der Waals surface area (Å²) in [7, 11) is 0. The molecule has 0 bridgehead atoms. The highest BCUT2D eigenvalue weighted by atomic mass is 16.5. The lowest BCUT2D eigenvalue weighted by molar-refractivity contribution is -0.530. The van der Waals surface area contributed by atoms with E-state index in [1.54, 1.807) is 11.3 Å². The van der Waals surface area contributed by atoms with Gasteiger partial charge in [-0.25, -0.2) is 4.58 Å². The molecule has 0 amide bonds. The predicted octanol–water partition coefficient (Wildman–Crippen LogP) is 6.04. The van der Waals surface area contributed by atoms with Crippen LogP contribution in [-0.2, 0) is 4.74 Å². The van der Waals surface area contributed by atoms with E-state index in [4.69, 9.17) is 4.74 Å². The van der Waals surface area contributed by atoms with Gasteiger partial charge in [0.15, 0.2) is 12.3 Å². The minimum absolute atomic E-state index is 0.211. The highest BCUT2D eigenvalue weighted by Gasteiger charge is 2.52. The van der Waals surface area contributed by atoms with Crippen molar-refractivity contribution in [2.45, 2.75) is 59.2 Å². The molecular formula is C30H38NO+. The average molecular weight is 429 g/mol. The second-order valence-electron chi connectivity index (χ2n) is 12.2. The van der Waals surface area contributed by atoms with Gasteiger partial charge < -0.3 is 4.74 Å². The molecule has 0 N–H and O–H groups in total. The maximum Gasteiger partial charge on any atom is 0.183 e. The quantitative estimate of drug-likeness (QED) is 0.488. The molecule has 3 aliphatic heterocycles. The average Bonchev–Trinajstić information content (AvgIpc) is 3.30. The van der Waals surface area contributed by atoms with Crippen molar-refractivity contribution < 1.29 is 9.31 Å². The van der Waals surface area contributed by atoms with Gasteiger partial charge in [0.05, 0.1) is 17.8 Å². The van der Waals surface area contributed by atoms with Crippen LogP contribution in [0.2, 0.25) is 0 Å². The maximum absolute atomic E-state index is 6.89. The summed E-state index contributed by atoms with van der Waals surface area (Å²) in [6.45, 7) is 11.9. The van der Waals surface area contributed by atoms with Gasteiger partial charge in [-0.1, -0.05) is 82.4 Å². The third-order valence-corrected chi connectivity index (χ3v) is 8.60. The Kier molecular flexibility index (Phi) is 4.88. The molecule has 168 valence electrons. The monoisotopic (exact) mass is 428 g/mol. The van der Waals surface area contributed by atoms with Crippen molar-refractivity contribution in [3.8, 4) is 0 Å². The number of rotatable bonds is 2. The van der Waals surface area contributed by atoms with Crippen molar-refractivity contribution in [2.75, 3.05) is 13.1 Å². The van der Waals surface area contributed by atoms with E-state index in [0.29, 0.717) is 23.2 Å². The van der Waals surface area contributed by atoms with Gasteiger partial charge in [-0.05, 0) is 29.7 Å². The fraction of sp³-hybridized carbons (Fsp3) is 0.567. The summed E-state index contributed by atoms with van der Waals surface area (Å²) in [5.41, 5.74) is 6.51. The summed E-state index contributed by atoms with van der Waals surface area (Å²) in [6.07, 6.45) is 25.2. The highest BCUT2D eigenvalue weighted by molar-refractivity contribution is 6.01. The molecule has 1 saturated heterocycles. The van der Waals surface area contributed by atoms with Crippen LogP contribution >= 0.6 is 0 Å². The van der Waals surface area contributed by atoms with Crippen LogP contribution in [0.5, 0.6) is 0 Å². The Hall–Kier alpha value is -1.93. The fourth-order valence-corrected chi connectivity index (χ4v) is 7.07. The number of fused-ring (bicyclic) bond motifs is 5. The SMILES string of the molecule is CC1C[N+]2=C(CC1CC(C)(C)C)C1=C(C=CC3C1OC1C=C(C4C=CC=CC4)C=CC13)C2. The van der Waals surface area contributed by atoms with Crippen LogP contribution in [0.4, 0.5) is 0 Å². The number of allylic oxidation sites excluding steroid dienone is 6. The lowest BCUT2D eigenvalue weighted by Crippen LogP contribution is -2.38. The first-order valence-electron chi connectivity index (χ1n) is 12.8. The molecule has 0 aromatic carbocycles. The van der Waals surface area contributed by atoms with Crippen LogP contribution in [0, 0.1) is 35.0 Å². The first-order valence-corrected chi connectivity index (χ1v) is 12.8. The van der Waals surface area contributed by atoms with E-state index in [0.717, 1.165) is 24.8 Å². The molecule has 0 spiro atoms.